The number of nitrogens with zero attached hydrogens (tertiary/aromatic N) is 4. The van der Waals surface area contributed by atoms with Crippen LogP contribution in [0.3, 0.4) is 0 Å². The molecule has 0 bridgehead atoms. The number of amides is 1. The van der Waals surface area contributed by atoms with E-state index in [2.05, 4.69) is 20.7 Å². The van der Waals surface area contributed by atoms with Crippen molar-refractivity contribution in [3.63, 3.8) is 0 Å². The predicted molar refractivity (Wildman–Crippen MR) is 86.5 cm³/mol. The van der Waals surface area contributed by atoms with Crippen molar-refractivity contribution in [2.75, 3.05) is 14.1 Å². The highest BCUT2D eigenvalue weighted by molar-refractivity contribution is 5.91. The average Bonchev–Trinajstić information content (AvgIpc) is 3.26. The Labute approximate surface area is 143 Å². The van der Waals surface area contributed by atoms with Crippen LogP contribution in [0.2, 0.25) is 0 Å². The third-order valence-corrected chi connectivity index (χ3v) is 3.60. The lowest BCUT2D eigenvalue weighted by atomic mass is 10.1. The molecule has 9 nitrogen and oxygen atoms in total. The van der Waals surface area contributed by atoms with Gasteiger partial charge >= 0.3 is 5.91 Å². The van der Waals surface area contributed by atoms with Gasteiger partial charge < -0.3 is 13.8 Å². The number of aryl methyl sites for hydroxylation is 1. The van der Waals surface area contributed by atoms with E-state index < -0.39 is 0 Å². The highest BCUT2D eigenvalue weighted by Gasteiger charge is 2.19. The number of aromatic nitrogens is 3. The Hall–Kier alpha value is -3.20. The van der Waals surface area contributed by atoms with Crippen molar-refractivity contribution in [3.05, 3.63) is 47.5 Å². The van der Waals surface area contributed by atoms with E-state index in [0.29, 0.717) is 17.1 Å². The molecular formula is C16H17N5O4. The van der Waals surface area contributed by atoms with Crippen molar-refractivity contribution in [2.45, 2.75) is 13.5 Å². The second kappa shape index (κ2) is 7.14. The molecular weight excluding hydrogens is 326 g/mol. The monoisotopic (exact) mass is 343 g/mol. The number of pyridine rings is 1. The second-order valence-corrected chi connectivity index (χ2v) is 5.19. The maximum Gasteiger partial charge on any atom is 0.306 e. The minimum atomic E-state index is -0.361. The van der Waals surface area contributed by atoms with Crippen molar-refractivity contribution in [2.24, 2.45) is 0 Å². The molecule has 0 fully saturated rings. The molecule has 130 valence electrons. The molecule has 1 amide bonds. The van der Waals surface area contributed by atoms with Crippen LogP contribution >= 0.6 is 0 Å². The minimum Gasteiger partial charge on any atom is -0.470 e. The van der Waals surface area contributed by atoms with Gasteiger partial charge in [-0.2, -0.15) is 0 Å². The fourth-order valence-electron chi connectivity index (χ4n) is 2.11. The second-order valence-electron chi connectivity index (χ2n) is 5.19. The summed E-state index contributed by atoms with van der Waals surface area (Å²) in [5, 5.41) is 9.05. The molecule has 3 rings (SSSR count). The van der Waals surface area contributed by atoms with Gasteiger partial charge in [0.1, 0.15) is 18.1 Å². The molecule has 0 aromatic carbocycles. The molecule has 0 aliphatic rings. The third kappa shape index (κ3) is 3.50. The molecule has 0 aliphatic carbocycles. The summed E-state index contributed by atoms with van der Waals surface area (Å²) in [7, 11) is 3.20. The summed E-state index contributed by atoms with van der Waals surface area (Å²) in [6, 6.07) is 6.95. The van der Waals surface area contributed by atoms with Gasteiger partial charge in [0.15, 0.2) is 0 Å². The van der Waals surface area contributed by atoms with E-state index in [1.54, 1.807) is 27.2 Å². The predicted octanol–water partition coefficient (Wildman–Crippen LogP) is 1.82. The number of carbonyl (C=O) groups excluding carboxylic acids is 1. The highest BCUT2D eigenvalue weighted by atomic mass is 16.5. The first-order valence-electron chi connectivity index (χ1n) is 7.51. The lowest BCUT2D eigenvalue weighted by Gasteiger charge is -2.11. The molecule has 25 heavy (non-hydrogen) atoms. The number of hydrogen-bond acceptors (Lipinski definition) is 8. The van der Waals surface area contributed by atoms with Crippen LogP contribution in [0.25, 0.3) is 11.4 Å². The van der Waals surface area contributed by atoms with Crippen LogP contribution in [-0.4, -0.2) is 40.3 Å². The van der Waals surface area contributed by atoms with Crippen molar-refractivity contribution < 1.29 is 18.6 Å². The lowest BCUT2D eigenvalue weighted by molar-refractivity contribution is 0.0692. The van der Waals surface area contributed by atoms with Crippen molar-refractivity contribution in [1.29, 1.82) is 0 Å². The summed E-state index contributed by atoms with van der Waals surface area (Å²) < 4.78 is 15.9. The van der Waals surface area contributed by atoms with E-state index in [-0.39, 0.29) is 24.2 Å². The summed E-state index contributed by atoms with van der Waals surface area (Å²) in [4.78, 5) is 16.2. The van der Waals surface area contributed by atoms with Gasteiger partial charge in [-0.3, -0.25) is 14.8 Å². The van der Waals surface area contributed by atoms with Gasteiger partial charge in [0.25, 0.3) is 5.88 Å². The number of hydrazine groups is 1. The van der Waals surface area contributed by atoms with Crippen LogP contribution in [0.4, 0.5) is 0 Å². The van der Waals surface area contributed by atoms with E-state index in [1.807, 2.05) is 18.2 Å². The maximum atomic E-state index is 12.0. The van der Waals surface area contributed by atoms with Gasteiger partial charge in [0.05, 0.1) is 17.3 Å². The van der Waals surface area contributed by atoms with Crippen LogP contribution in [0, 0.1) is 6.92 Å². The standard InChI is InChI=1S/C16H17N5O4/c1-10-11(15(20-24-10)12-6-4-5-7-18-12)9-23-14-8-13(25-19-14)16(22)21(3)17-2/h4-8,17H,9H2,1-3H3. The molecule has 3 aromatic rings. The van der Waals surface area contributed by atoms with Gasteiger partial charge in [-0.05, 0) is 24.2 Å². The lowest BCUT2D eigenvalue weighted by Crippen LogP contribution is -2.36. The summed E-state index contributed by atoms with van der Waals surface area (Å²) in [6.45, 7) is 1.95. The summed E-state index contributed by atoms with van der Waals surface area (Å²) in [5.41, 5.74) is 4.73. The first kappa shape index (κ1) is 16.7. The van der Waals surface area contributed by atoms with Gasteiger partial charge in [0, 0.05) is 20.3 Å². The van der Waals surface area contributed by atoms with Crippen molar-refractivity contribution in [1.82, 2.24) is 25.7 Å². The Morgan fingerprint density at radius 1 is 1.32 bits per heavy atom. The summed E-state index contributed by atoms with van der Waals surface area (Å²) in [5.74, 6) is 0.523. The molecule has 0 spiro atoms. The van der Waals surface area contributed by atoms with Gasteiger partial charge in [-0.25, -0.2) is 5.43 Å². The first-order valence-corrected chi connectivity index (χ1v) is 7.51. The van der Waals surface area contributed by atoms with Gasteiger partial charge in [0.2, 0.25) is 5.76 Å². The fraction of sp³-hybridized carbons (Fsp3) is 0.250. The van der Waals surface area contributed by atoms with Crippen LogP contribution < -0.4 is 10.2 Å². The van der Waals surface area contributed by atoms with Crippen molar-refractivity contribution in [3.8, 4) is 17.3 Å². The van der Waals surface area contributed by atoms with E-state index >= 15 is 0 Å². The zero-order chi connectivity index (χ0) is 17.8. The zero-order valence-corrected chi connectivity index (χ0v) is 14.0. The molecule has 9 heteroatoms. The number of ether oxygens (including phenoxy) is 1. The molecule has 1 N–H and O–H groups in total. The number of carbonyl (C=O) groups is 1. The Kier molecular flexibility index (Phi) is 4.75. The van der Waals surface area contributed by atoms with E-state index in [4.69, 9.17) is 13.8 Å². The van der Waals surface area contributed by atoms with Crippen LogP contribution in [0.1, 0.15) is 21.9 Å². The third-order valence-electron chi connectivity index (χ3n) is 3.60. The molecule has 0 unspecified atom stereocenters. The smallest absolute Gasteiger partial charge is 0.306 e. The summed E-state index contributed by atoms with van der Waals surface area (Å²) in [6.07, 6.45) is 1.68. The zero-order valence-electron chi connectivity index (χ0n) is 14.0. The maximum absolute atomic E-state index is 12.0. The Balaban J connectivity index is 1.74. The first-order chi connectivity index (χ1) is 12.1. The largest absolute Gasteiger partial charge is 0.470 e. The number of hydrogen-bond donors (Lipinski definition) is 1. The normalized spacial score (nSPS) is 10.7. The van der Waals surface area contributed by atoms with Crippen LogP contribution in [-0.2, 0) is 6.61 Å². The Morgan fingerprint density at radius 3 is 2.88 bits per heavy atom. The summed E-state index contributed by atoms with van der Waals surface area (Å²) >= 11 is 0. The Morgan fingerprint density at radius 2 is 2.16 bits per heavy atom. The SMILES string of the molecule is CNN(C)C(=O)c1cc(OCc2c(-c3ccccn3)noc2C)no1. The van der Waals surface area contributed by atoms with E-state index in [9.17, 15) is 4.79 Å². The number of nitrogens with one attached hydrogen (secondary N) is 1. The molecule has 3 heterocycles. The molecule has 0 saturated heterocycles. The highest BCUT2D eigenvalue weighted by Crippen LogP contribution is 2.25. The molecule has 3 aromatic heterocycles. The van der Waals surface area contributed by atoms with E-state index in [1.165, 1.54) is 11.1 Å². The average molecular weight is 343 g/mol. The minimum absolute atomic E-state index is 0.0684. The van der Waals surface area contributed by atoms with Gasteiger partial charge in [-0.15, -0.1) is 0 Å². The molecule has 0 saturated carbocycles. The van der Waals surface area contributed by atoms with Gasteiger partial charge in [-0.1, -0.05) is 11.2 Å². The molecule has 0 aliphatic heterocycles. The number of rotatable bonds is 6. The topological polar surface area (TPSA) is 107 Å². The van der Waals surface area contributed by atoms with E-state index in [0.717, 1.165) is 5.56 Å². The quantitative estimate of drug-likeness (QED) is 0.676. The molecule has 0 radical (unpaired) electrons. The van der Waals surface area contributed by atoms with Crippen LogP contribution in [0.5, 0.6) is 5.88 Å². The van der Waals surface area contributed by atoms with Crippen LogP contribution in [0.15, 0.2) is 39.5 Å². The van der Waals surface area contributed by atoms with Crippen molar-refractivity contribution >= 4 is 5.91 Å². The fourth-order valence-corrected chi connectivity index (χ4v) is 2.11. The molecule has 0 atom stereocenters. The Bertz CT molecular complexity index is 859.